The lowest BCUT2D eigenvalue weighted by molar-refractivity contribution is -0.141. The number of thiophene rings is 1. The van der Waals surface area contributed by atoms with E-state index >= 15 is 0 Å². The minimum absolute atomic E-state index is 0.151. The Kier molecular flexibility index (Phi) is 5.84. The molecular weight excluding hydrogens is 449 g/mol. The van der Waals surface area contributed by atoms with Gasteiger partial charge in [-0.25, -0.2) is 9.48 Å². The van der Waals surface area contributed by atoms with E-state index < -0.39 is 17.8 Å². The summed E-state index contributed by atoms with van der Waals surface area (Å²) < 4.78 is 46.4. The molecule has 31 heavy (non-hydrogen) atoms. The van der Waals surface area contributed by atoms with Gasteiger partial charge >= 0.3 is 12.1 Å². The first kappa shape index (κ1) is 21.1. The van der Waals surface area contributed by atoms with Gasteiger partial charge in [-0.1, -0.05) is 35.9 Å². The van der Waals surface area contributed by atoms with Crippen molar-refractivity contribution in [3.63, 3.8) is 0 Å². The number of halogens is 4. The summed E-state index contributed by atoms with van der Waals surface area (Å²) in [6, 6.07) is 15.4. The van der Waals surface area contributed by atoms with Gasteiger partial charge in [-0.2, -0.15) is 29.6 Å². The van der Waals surface area contributed by atoms with Crippen LogP contribution in [0.1, 0.15) is 21.6 Å². The molecule has 0 aliphatic rings. The summed E-state index contributed by atoms with van der Waals surface area (Å²) >= 11 is 7.68. The summed E-state index contributed by atoms with van der Waals surface area (Å²) in [6.45, 7) is 0.151. The first-order valence-electron chi connectivity index (χ1n) is 9.04. The number of rotatable bonds is 5. The topological polar surface area (TPSA) is 44.1 Å². The van der Waals surface area contributed by atoms with Gasteiger partial charge in [-0.15, -0.1) is 0 Å². The fraction of sp³-hybridized carbons (Fsp3) is 0.0909. The van der Waals surface area contributed by atoms with E-state index in [2.05, 4.69) is 5.10 Å². The van der Waals surface area contributed by atoms with Crippen LogP contribution in [0.2, 0.25) is 5.02 Å². The molecule has 2 heterocycles. The molecule has 0 unspecified atom stereocenters. The lowest BCUT2D eigenvalue weighted by Gasteiger charge is -2.10. The normalized spacial score (nSPS) is 11.5. The van der Waals surface area contributed by atoms with E-state index in [4.69, 9.17) is 16.3 Å². The van der Waals surface area contributed by atoms with Gasteiger partial charge in [0, 0.05) is 11.1 Å². The van der Waals surface area contributed by atoms with Crippen molar-refractivity contribution in [1.82, 2.24) is 9.78 Å². The van der Waals surface area contributed by atoms with E-state index in [1.165, 1.54) is 23.5 Å². The Labute approximate surface area is 184 Å². The molecule has 2 aromatic heterocycles. The van der Waals surface area contributed by atoms with Crippen LogP contribution in [-0.4, -0.2) is 15.7 Å². The minimum atomic E-state index is -4.62. The van der Waals surface area contributed by atoms with Crippen LogP contribution in [0.25, 0.3) is 16.9 Å². The third kappa shape index (κ3) is 4.65. The Hall–Kier alpha value is -3.10. The van der Waals surface area contributed by atoms with Crippen LogP contribution < -0.4 is 0 Å². The molecule has 9 heteroatoms. The van der Waals surface area contributed by atoms with E-state index in [0.717, 1.165) is 16.3 Å². The predicted molar refractivity (Wildman–Crippen MR) is 112 cm³/mol. The second-order valence-electron chi connectivity index (χ2n) is 6.56. The Morgan fingerprint density at radius 2 is 1.84 bits per heavy atom. The highest BCUT2D eigenvalue weighted by atomic mass is 35.5. The minimum Gasteiger partial charge on any atom is -0.457 e. The predicted octanol–water partition coefficient (Wildman–Crippen LogP) is 6.63. The Morgan fingerprint density at radius 1 is 1.10 bits per heavy atom. The van der Waals surface area contributed by atoms with Crippen molar-refractivity contribution < 1.29 is 22.7 Å². The standard InChI is InChI=1S/C22H14ClF3N2O2S/c23-17-3-1-2-4-18(17)28-19(11-20(27-28)22(24,25)26)15-5-7-16(8-6-15)21(29)30-12-14-9-10-31-13-14/h1-11,13H,12H2. The highest BCUT2D eigenvalue weighted by Gasteiger charge is 2.35. The maximum atomic E-state index is 13.3. The molecule has 0 saturated carbocycles. The molecule has 0 spiro atoms. The molecule has 0 radical (unpaired) electrons. The summed E-state index contributed by atoms with van der Waals surface area (Å²) in [7, 11) is 0. The summed E-state index contributed by atoms with van der Waals surface area (Å²) in [5, 5.41) is 7.74. The number of alkyl halides is 3. The van der Waals surface area contributed by atoms with Gasteiger partial charge in [0.2, 0.25) is 0 Å². The largest absolute Gasteiger partial charge is 0.457 e. The summed E-state index contributed by atoms with van der Waals surface area (Å²) in [5.41, 5.74) is 1.09. The van der Waals surface area contributed by atoms with E-state index in [0.29, 0.717) is 16.8 Å². The molecular formula is C22H14ClF3N2O2S. The van der Waals surface area contributed by atoms with Crippen LogP contribution >= 0.6 is 22.9 Å². The van der Waals surface area contributed by atoms with Crippen LogP contribution in [0.3, 0.4) is 0 Å². The highest BCUT2D eigenvalue weighted by molar-refractivity contribution is 7.07. The van der Waals surface area contributed by atoms with Gasteiger partial charge in [0.05, 0.1) is 22.0 Å². The average molecular weight is 463 g/mol. The summed E-state index contributed by atoms with van der Waals surface area (Å²) in [4.78, 5) is 12.3. The van der Waals surface area contributed by atoms with E-state index in [9.17, 15) is 18.0 Å². The van der Waals surface area contributed by atoms with Crippen LogP contribution in [0.5, 0.6) is 0 Å². The number of carbonyl (C=O) groups excluding carboxylic acids is 1. The monoisotopic (exact) mass is 462 g/mol. The number of hydrogen-bond donors (Lipinski definition) is 0. The number of benzene rings is 2. The number of hydrogen-bond acceptors (Lipinski definition) is 4. The zero-order valence-corrected chi connectivity index (χ0v) is 17.3. The van der Waals surface area contributed by atoms with Crippen molar-refractivity contribution in [2.75, 3.05) is 0 Å². The van der Waals surface area contributed by atoms with Crippen molar-refractivity contribution in [1.29, 1.82) is 0 Å². The number of aromatic nitrogens is 2. The van der Waals surface area contributed by atoms with Gasteiger partial charge < -0.3 is 4.74 Å². The fourth-order valence-electron chi connectivity index (χ4n) is 2.92. The zero-order valence-electron chi connectivity index (χ0n) is 15.8. The number of carbonyl (C=O) groups is 1. The average Bonchev–Trinajstić information content (AvgIpc) is 3.42. The molecule has 4 rings (SSSR count). The molecule has 0 aliphatic carbocycles. The molecule has 0 bridgehead atoms. The Morgan fingerprint density at radius 3 is 2.48 bits per heavy atom. The SMILES string of the molecule is O=C(OCc1ccsc1)c1ccc(-c2cc(C(F)(F)F)nn2-c2ccccc2Cl)cc1. The number of nitrogens with zero attached hydrogens (tertiary/aromatic N) is 2. The molecule has 0 atom stereocenters. The smallest absolute Gasteiger partial charge is 0.435 e. The fourth-order valence-corrected chi connectivity index (χ4v) is 3.79. The maximum Gasteiger partial charge on any atom is 0.435 e. The van der Waals surface area contributed by atoms with Gasteiger partial charge in [0.25, 0.3) is 0 Å². The Balaban J connectivity index is 1.65. The van der Waals surface area contributed by atoms with Crippen molar-refractivity contribution in [3.8, 4) is 16.9 Å². The van der Waals surface area contributed by atoms with Crippen LogP contribution in [-0.2, 0) is 17.5 Å². The molecule has 4 nitrogen and oxygen atoms in total. The van der Waals surface area contributed by atoms with E-state index in [1.54, 1.807) is 36.4 Å². The van der Waals surface area contributed by atoms with Crippen molar-refractivity contribution in [2.24, 2.45) is 0 Å². The molecule has 0 aliphatic heterocycles. The van der Waals surface area contributed by atoms with Crippen molar-refractivity contribution in [3.05, 3.63) is 93.3 Å². The lowest BCUT2D eigenvalue weighted by Crippen LogP contribution is -2.07. The third-order valence-corrected chi connectivity index (χ3v) is 5.50. The number of ether oxygens (including phenoxy) is 1. The molecule has 0 fully saturated rings. The highest BCUT2D eigenvalue weighted by Crippen LogP contribution is 2.34. The quantitative estimate of drug-likeness (QED) is 0.313. The van der Waals surface area contributed by atoms with Gasteiger partial charge in [0.15, 0.2) is 5.69 Å². The molecule has 0 amide bonds. The van der Waals surface area contributed by atoms with Gasteiger partial charge in [0.1, 0.15) is 6.61 Å². The van der Waals surface area contributed by atoms with Crippen LogP contribution in [0.4, 0.5) is 13.2 Å². The number of esters is 1. The second kappa shape index (κ2) is 8.56. The molecule has 2 aromatic carbocycles. The molecule has 0 N–H and O–H groups in total. The van der Waals surface area contributed by atoms with Crippen LogP contribution in [0, 0.1) is 0 Å². The van der Waals surface area contributed by atoms with E-state index in [-0.39, 0.29) is 17.3 Å². The van der Waals surface area contributed by atoms with Crippen molar-refractivity contribution in [2.45, 2.75) is 12.8 Å². The summed E-state index contributed by atoms with van der Waals surface area (Å²) in [5.74, 6) is -0.520. The summed E-state index contributed by atoms with van der Waals surface area (Å²) in [6.07, 6.45) is -4.62. The van der Waals surface area contributed by atoms with Crippen LogP contribution in [0.15, 0.2) is 71.4 Å². The first-order chi connectivity index (χ1) is 14.8. The lowest BCUT2D eigenvalue weighted by atomic mass is 10.1. The Bertz CT molecular complexity index is 1200. The molecule has 0 saturated heterocycles. The van der Waals surface area contributed by atoms with E-state index in [1.807, 2.05) is 16.8 Å². The second-order valence-corrected chi connectivity index (χ2v) is 7.75. The first-order valence-corrected chi connectivity index (χ1v) is 10.4. The number of para-hydroxylation sites is 1. The third-order valence-electron chi connectivity index (χ3n) is 4.45. The van der Waals surface area contributed by atoms with Gasteiger partial charge in [-0.3, -0.25) is 0 Å². The maximum absolute atomic E-state index is 13.3. The zero-order chi connectivity index (χ0) is 22.0. The molecule has 4 aromatic rings. The molecule has 158 valence electrons. The van der Waals surface area contributed by atoms with Gasteiger partial charge in [-0.05, 0) is 47.2 Å². The van der Waals surface area contributed by atoms with Crippen molar-refractivity contribution >= 4 is 28.9 Å².